The Morgan fingerprint density at radius 1 is 1.14 bits per heavy atom. The van der Waals surface area contributed by atoms with Crippen LogP contribution in [0.1, 0.15) is 41.3 Å². The van der Waals surface area contributed by atoms with Crippen LogP contribution in [0, 0.1) is 13.8 Å². The molecule has 0 saturated heterocycles. The Morgan fingerprint density at radius 3 is 2.55 bits per heavy atom. The number of primary sulfonamides is 1. The summed E-state index contributed by atoms with van der Waals surface area (Å²) in [6.45, 7) is 6.87. The summed E-state index contributed by atoms with van der Waals surface area (Å²) in [5.74, 6) is 0.303. The Bertz CT molecular complexity index is 1170. The topological polar surface area (TPSA) is 95.0 Å². The van der Waals surface area contributed by atoms with E-state index in [0.29, 0.717) is 16.2 Å². The minimum Gasteiger partial charge on any atom is -0.319 e. The molecule has 0 atom stereocenters. The molecule has 0 aliphatic heterocycles. The molecule has 0 fully saturated rings. The molecule has 1 aromatic heterocycles. The maximum Gasteiger partial charge on any atom is 0.238 e. The molecule has 154 valence electrons. The first-order valence-corrected chi connectivity index (χ1v) is 12.0. The number of nitrogens with two attached hydrogens (primary N) is 1. The fraction of sp³-hybridized carbons (Fsp3) is 0.333. The van der Waals surface area contributed by atoms with Gasteiger partial charge in [-0.1, -0.05) is 37.2 Å². The first kappa shape index (κ1) is 21.5. The molecule has 0 aliphatic carbocycles. The van der Waals surface area contributed by atoms with Gasteiger partial charge in [-0.25, -0.2) is 18.5 Å². The van der Waals surface area contributed by atoms with Gasteiger partial charge in [0.25, 0.3) is 0 Å². The lowest BCUT2D eigenvalue weighted by Crippen LogP contribution is -2.11. The van der Waals surface area contributed by atoms with Crippen LogP contribution in [0.25, 0.3) is 11.0 Å². The van der Waals surface area contributed by atoms with Crippen LogP contribution < -0.4 is 5.14 Å². The minimum atomic E-state index is -3.79. The Balaban J connectivity index is 1.90. The molecule has 0 saturated carbocycles. The average Bonchev–Trinajstić information content (AvgIpc) is 3.02. The van der Waals surface area contributed by atoms with E-state index >= 15 is 0 Å². The number of ketones is 1. The summed E-state index contributed by atoms with van der Waals surface area (Å²) in [5, 5.41) is 5.95. The van der Waals surface area contributed by atoms with Gasteiger partial charge in [0.05, 0.1) is 21.7 Å². The Morgan fingerprint density at radius 2 is 1.90 bits per heavy atom. The molecule has 29 heavy (non-hydrogen) atoms. The zero-order chi connectivity index (χ0) is 21.2. The third kappa shape index (κ3) is 4.88. The molecule has 0 radical (unpaired) electrons. The van der Waals surface area contributed by atoms with Crippen molar-refractivity contribution >= 4 is 38.6 Å². The molecule has 3 rings (SSSR count). The van der Waals surface area contributed by atoms with Crippen molar-refractivity contribution in [3.63, 3.8) is 0 Å². The van der Waals surface area contributed by atoms with Gasteiger partial charge >= 0.3 is 0 Å². The van der Waals surface area contributed by atoms with Gasteiger partial charge in [-0.05, 0) is 55.7 Å². The van der Waals surface area contributed by atoms with E-state index in [1.807, 2.05) is 36.6 Å². The van der Waals surface area contributed by atoms with Crippen molar-refractivity contribution in [3.8, 4) is 0 Å². The summed E-state index contributed by atoms with van der Waals surface area (Å²) in [4.78, 5) is 17.3. The van der Waals surface area contributed by atoms with Crippen molar-refractivity contribution in [2.75, 3.05) is 5.75 Å². The van der Waals surface area contributed by atoms with Gasteiger partial charge in [0.2, 0.25) is 10.0 Å². The maximum absolute atomic E-state index is 12.7. The van der Waals surface area contributed by atoms with Gasteiger partial charge in [-0.2, -0.15) is 0 Å². The summed E-state index contributed by atoms with van der Waals surface area (Å²) in [6.07, 6.45) is 1.97. The molecule has 0 aliphatic rings. The highest BCUT2D eigenvalue weighted by molar-refractivity contribution is 7.99. The second kappa shape index (κ2) is 8.69. The van der Waals surface area contributed by atoms with Crippen LogP contribution in [0.2, 0.25) is 0 Å². The highest BCUT2D eigenvalue weighted by atomic mass is 32.2. The molecule has 0 unspecified atom stereocenters. The van der Waals surface area contributed by atoms with E-state index in [9.17, 15) is 13.2 Å². The monoisotopic (exact) mass is 431 g/mol. The number of hydrogen-bond acceptors (Lipinski definition) is 5. The average molecular weight is 432 g/mol. The number of unbranched alkanes of at least 4 members (excludes halogenated alkanes) is 1. The fourth-order valence-electron chi connectivity index (χ4n) is 3.04. The van der Waals surface area contributed by atoms with Crippen molar-refractivity contribution in [3.05, 3.63) is 53.1 Å². The number of Topliss-reactive ketones (excluding diaryl/α,β-unsaturated/α-hetero) is 1. The summed E-state index contributed by atoms with van der Waals surface area (Å²) >= 11 is 1.37. The maximum atomic E-state index is 12.7. The number of nitrogens with zero attached hydrogens (tertiary/aromatic N) is 2. The van der Waals surface area contributed by atoms with Crippen molar-refractivity contribution in [1.82, 2.24) is 9.55 Å². The number of benzene rings is 2. The quantitative estimate of drug-likeness (QED) is 0.428. The lowest BCUT2D eigenvalue weighted by atomic mass is 10.0. The van der Waals surface area contributed by atoms with Gasteiger partial charge < -0.3 is 4.57 Å². The highest BCUT2D eigenvalue weighted by Gasteiger charge is 2.16. The van der Waals surface area contributed by atoms with E-state index in [1.165, 1.54) is 23.9 Å². The Labute approximate surface area is 175 Å². The zero-order valence-corrected chi connectivity index (χ0v) is 18.4. The van der Waals surface area contributed by atoms with Gasteiger partial charge in [0.1, 0.15) is 0 Å². The zero-order valence-electron chi connectivity index (χ0n) is 16.8. The van der Waals surface area contributed by atoms with Gasteiger partial charge in [0.15, 0.2) is 10.9 Å². The third-order valence-corrected chi connectivity index (χ3v) is 6.80. The number of hydrogen-bond donors (Lipinski definition) is 1. The smallest absolute Gasteiger partial charge is 0.238 e. The molecule has 6 nitrogen and oxygen atoms in total. The van der Waals surface area contributed by atoms with Crippen molar-refractivity contribution < 1.29 is 13.2 Å². The van der Waals surface area contributed by atoms with Gasteiger partial charge in [-0.15, -0.1) is 0 Å². The Hall–Kier alpha value is -2.16. The number of sulfonamides is 1. The van der Waals surface area contributed by atoms with Gasteiger partial charge in [0, 0.05) is 12.1 Å². The van der Waals surface area contributed by atoms with Gasteiger partial charge in [-0.3, -0.25) is 4.79 Å². The van der Waals surface area contributed by atoms with Crippen LogP contribution in [0.5, 0.6) is 0 Å². The van der Waals surface area contributed by atoms with Crippen LogP contribution in [-0.2, 0) is 16.6 Å². The van der Waals surface area contributed by atoms with Crippen LogP contribution in [0.3, 0.4) is 0 Å². The summed E-state index contributed by atoms with van der Waals surface area (Å²) in [5.41, 5.74) is 4.34. The molecule has 1 heterocycles. The summed E-state index contributed by atoms with van der Waals surface area (Å²) < 4.78 is 25.4. The van der Waals surface area contributed by atoms with Crippen LogP contribution in [0.4, 0.5) is 0 Å². The highest BCUT2D eigenvalue weighted by Crippen LogP contribution is 2.27. The molecule has 8 heteroatoms. The lowest BCUT2D eigenvalue weighted by molar-refractivity contribution is 0.102. The molecule has 2 aromatic carbocycles. The van der Waals surface area contributed by atoms with Crippen LogP contribution >= 0.6 is 11.8 Å². The first-order chi connectivity index (χ1) is 13.7. The minimum absolute atomic E-state index is 0.0351. The van der Waals surface area contributed by atoms with Crippen LogP contribution in [-0.4, -0.2) is 29.5 Å². The molecule has 0 amide bonds. The van der Waals surface area contributed by atoms with Crippen LogP contribution in [0.15, 0.2) is 46.5 Å². The van der Waals surface area contributed by atoms with E-state index in [-0.39, 0.29) is 16.4 Å². The predicted molar refractivity (Wildman–Crippen MR) is 117 cm³/mol. The largest absolute Gasteiger partial charge is 0.319 e. The SMILES string of the molecule is CCCCn1c(SCC(=O)c2ccc(C)c(C)c2)nc2cc(S(N)(=O)=O)ccc21. The third-order valence-electron chi connectivity index (χ3n) is 4.91. The number of thioether (sulfide) groups is 1. The predicted octanol–water partition coefficient (Wildman–Crippen LogP) is 4.08. The van der Waals surface area contributed by atoms with Crippen molar-refractivity contribution in [2.24, 2.45) is 5.14 Å². The second-order valence-electron chi connectivity index (χ2n) is 7.11. The van der Waals surface area contributed by atoms with Crippen molar-refractivity contribution in [1.29, 1.82) is 0 Å². The summed E-state index contributed by atoms with van der Waals surface area (Å²) in [6, 6.07) is 10.4. The molecular weight excluding hydrogens is 406 g/mol. The molecule has 0 spiro atoms. The molecule has 0 bridgehead atoms. The molecular formula is C21H25N3O3S2. The number of imidazole rings is 1. The van der Waals surface area contributed by atoms with Crippen molar-refractivity contribution in [2.45, 2.75) is 50.2 Å². The summed E-state index contributed by atoms with van der Waals surface area (Å²) in [7, 11) is -3.79. The number of aryl methyl sites for hydroxylation is 3. The number of carbonyl (C=O) groups excluding carboxylic acids is 1. The number of rotatable bonds is 8. The molecule has 3 aromatic rings. The number of fused-ring (bicyclic) bond motifs is 1. The van der Waals surface area contributed by atoms with E-state index in [0.717, 1.165) is 36.0 Å². The fourth-order valence-corrected chi connectivity index (χ4v) is 4.50. The normalized spacial score (nSPS) is 11.9. The lowest BCUT2D eigenvalue weighted by Gasteiger charge is -2.08. The van der Waals surface area contributed by atoms with E-state index in [2.05, 4.69) is 11.9 Å². The Kier molecular flexibility index (Phi) is 6.45. The first-order valence-electron chi connectivity index (χ1n) is 9.47. The van der Waals surface area contributed by atoms with E-state index in [1.54, 1.807) is 6.07 Å². The molecule has 2 N–H and O–H groups in total. The number of aromatic nitrogens is 2. The van der Waals surface area contributed by atoms with E-state index < -0.39 is 10.0 Å². The second-order valence-corrected chi connectivity index (χ2v) is 9.61. The standard InChI is InChI=1S/C21H25N3O3S2/c1-4-5-10-24-19-9-8-17(29(22,26)27)12-18(19)23-21(24)28-13-20(25)16-7-6-14(2)15(3)11-16/h6-9,11-12H,4-5,10,13H2,1-3H3,(H2,22,26,27). The number of carbonyl (C=O) groups is 1. The van der Waals surface area contributed by atoms with E-state index in [4.69, 9.17) is 5.14 Å².